The first kappa shape index (κ1) is 21.1. The highest BCUT2D eigenvalue weighted by molar-refractivity contribution is 7.89. The van der Waals surface area contributed by atoms with Gasteiger partial charge >= 0.3 is 0 Å². The highest BCUT2D eigenvalue weighted by Gasteiger charge is 2.28. The van der Waals surface area contributed by atoms with Crippen molar-refractivity contribution in [2.24, 2.45) is 0 Å². The third kappa shape index (κ3) is 4.69. The summed E-state index contributed by atoms with van der Waals surface area (Å²) in [5.41, 5.74) is 0.700. The number of hydrogen-bond acceptors (Lipinski definition) is 5. The van der Waals surface area contributed by atoms with Crippen LogP contribution in [0.2, 0.25) is 5.02 Å². The van der Waals surface area contributed by atoms with Gasteiger partial charge in [-0.1, -0.05) is 11.6 Å². The zero-order valence-corrected chi connectivity index (χ0v) is 17.2. The number of nitrogens with one attached hydrogen (secondary N) is 1. The van der Waals surface area contributed by atoms with E-state index in [4.69, 9.17) is 16.3 Å². The molecule has 1 fully saturated rings. The number of carbonyl (C=O) groups excluding carboxylic acids is 2. The summed E-state index contributed by atoms with van der Waals surface area (Å²) >= 11 is 5.97. The number of piperazine rings is 1. The topological polar surface area (TPSA) is 96.0 Å². The van der Waals surface area contributed by atoms with Crippen molar-refractivity contribution in [2.75, 3.05) is 38.6 Å². The molecule has 3 rings (SSSR count). The van der Waals surface area contributed by atoms with E-state index in [1.807, 2.05) is 0 Å². The fourth-order valence-electron chi connectivity index (χ4n) is 2.95. The van der Waals surface area contributed by atoms with E-state index in [-0.39, 0.29) is 23.5 Å². The number of halogens is 1. The van der Waals surface area contributed by atoms with Crippen LogP contribution in [0.3, 0.4) is 0 Å². The summed E-state index contributed by atoms with van der Waals surface area (Å²) < 4.78 is 32.1. The smallest absolute Gasteiger partial charge is 0.255 e. The lowest BCUT2D eigenvalue weighted by Gasteiger charge is -2.31. The van der Waals surface area contributed by atoms with Gasteiger partial charge in [-0.2, -0.15) is 4.31 Å². The number of methoxy groups -OCH3 is 1. The zero-order valence-electron chi connectivity index (χ0n) is 15.7. The summed E-state index contributed by atoms with van der Waals surface area (Å²) in [5, 5.41) is 3.15. The Hall–Kier alpha value is -2.62. The van der Waals surface area contributed by atoms with Crippen LogP contribution < -0.4 is 10.1 Å². The van der Waals surface area contributed by atoms with Crippen molar-refractivity contribution in [1.82, 2.24) is 9.21 Å². The first-order valence-corrected chi connectivity index (χ1v) is 10.6. The average molecular weight is 438 g/mol. The lowest BCUT2D eigenvalue weighted by atomic mass is 10.2. The Labute approximate surface area is 174 Å². The highest BCUT2D eigenvalue weighted by Crippen LogP contribution is 2.28. The van der Waals surface area contributed by atoms with Gasteiger partial charge in [-0.05, 0) is 42.5 Å². The van der Waals surface area contributed by atoms with Crippen LogP contribution in [0.15, 0.2) is 47.4 Å². The van der Waals surface area contributed by atoms with Crippen LogP contribution in [-0.2, 0) is 14.8 Å². The average Bonchev–Trinajstić information content (AvgIpc) is 2.74. The predicted molar refractivity (Wildman–Crippen MR) is 109 cm³/mol. The van der Waals surface area contributed by atoms with E-state index < -0.39 is 15.9 Å². The number of nitrogens with zero attached hydrogens (tertiary/aromatic N) is 2. The SMILES string of the molecule is COc1ccc(Cl)cc1NC(=O)c1ccc(S(=O)(=O)N2CCN(C=O)CC2)cc1. The molecular weight excluding hydrogens is 418 g/mol. The molecule has 154 valence electrons. The van der Waals surface area contributed by atoms with Gasteiger partial charge in [-0.25, -0.2) is 8.42 Å². The van der Waals surface area contributed by atoms with Gasteiger partial charge in [0.05, 0.1) is 17.7 Å². The summed E-state index contributed by atoms with van der Waals surface area (Å²) in [6.45, 7) is 1.17. The molecule has 0 unspecified atom stereocenters. The van der Waals surface area contributed by atoms with Gasteiger partial charge in [0.15, 0.2) is 0 Å². The maximum atomic E-state index is 12.8. The van der Waals surface area contributed by atoms with Crippen molar-refractivity contribution >= 4 is 39.6 Å². The molecular formula is C19H20ClN3O5S. The van der Waals surface area contributed by atoms with Crippen molar-refractivity contribution in [3.8, 4) is 5.75 Å². The molecule has 0 spiro atoms. The Bertz CT molecular complexity index is 1000. The minimum absolute atomic E-state index is 0.0916. The van der Waals surface area contributed by atoms with Crippen molar-refractivity contribution in [3.63, 3.8) is 0 Å². The first-order chi connectivity index (χ1) is 13.8. The molecule has 2 aromatic rings. The van der Waals surface area contributed by atoms with Gasteiger partial charge in [0.25, 0.3) is 5.91 Å². The number of carbonyl (C=O) groups is 2. The van der Waals surface area contributed by atoms with Crippen molar-refractivity contribution in [1.29, 1.82) is 0 Å². The molecule has 2 aromatic carbocycles. The number of sulfonamides is 1. The second kappa shape index (κ2) is 8.81. The lowest BCUT2D eigenvalue weighted by Crippen LogP contribution is -2.47. The van der Waals surface area contributed by atoms with Crippen LogP contribution in [0.25, 0.3) is 0 Å². The van der Waals surface area contributed by atoms with Crippen LogP contribution >= 0.6 is 11.6 Å². The Morgan fingerprint density at radius 3 is 2.34 bits per heavy atom. The van der Waals surface area contributed by atoms with Crippen molar-refractivity contribution < 1.29 is 22.7 Å². The third-order valence-corrected chi connectivity index (χ3v) is 6.73. The summed E-state index contributed by atoms with van der Waals surface area (Å²) in [6, 6.07) is 10.5. The van der Waals surface area contributed by atoms with Gasteiger partial charge in [0.2, 0.25) is 16.4 Å². The van der Waals surface area contributed by atoms with Crippen LogP contribution in [0.1, 0.15) is 10.4 Å². The Morgan fingerprint density at radius 2 is 1.76 bits per heavy atom. The fourth-order valence-corrected chi connectivity index (χ4v) is 4.54. The van der Waals surface area contributed by atoms with Gasteiger partial charge < -0.3 is 15.0 Å². The summed E-state index contributed by atoms with van der Waals surface area (Å²) in [5.74, 6) is 0.0329. The Morgan fingerprint density at radius 1 is 1.10 bits per heavy atom. The van der Waals surface area contributed by atoms with Gasteiger partial charge in [-0.3, -0.25) is 9.59 Å². The van der Waals surface area contributed by atoms with Crippen LogP contribution in [-0.4, -0.2) is 63.2 Å². The predicted octanol–water partition coefficient (Wildman–Crippen LogP) is 2.06. The van der Waals surface area contributed by atoms with Crippen LogP contribution in [0.4, 0.5) is 5.69 Å². The second-order valence-corrected chi connectivity index (χ2v) is 8.74. The molecule has 1 heterocycles. The molecule has 0 saturated carbocycles. The highest BCUT2D eigenvalue weighted by atomic mass is 35.5. The molecule has 1 N–H and O–H groups in total. The summed E-state index contributed by atoms with van der Waals surface area (Å²) in [7, 11) is -2.21. The molecule has 1 saturated heterocycles. The van der Waals surface area contributed by atoms with Gasteiger partial charge in [0, 0.05) is 36.8 Å². The molecule has 0 aliphatic carbocycles. The minimum Gasteiger partial charge on any atom is -0.495 e. The Kier molecular flexibility index (Phi) is 6.41. The standard InChI is InChI=1S/C19H20ClN3O5S/c1-28-18-7-4-15(20)12-17(18)21-19(25)14-2-5-16(6-3-14)29(26,27)23-10-8-22(13-24)9-11-23/h2-7,12-13H,8-11H2,1H3,(H,21,25). The van der Waals surface area contributed by atoms with E-state index >= 15 is 0 Å². The number of ether oxygens (including phenoxy) is 1. The normalized spacial score (nSPS) is 15.0. The van der Waals surface area contributed by atoms with Crippen molar-refractivity contribution in [3.05, 3.63) is 53.1 Å². The molecule has 0 aromatic heterocycles. The van der Waals surface area contributed by atoms with E-state index in [1.54, 1.807) is 18.2 Å². The molecule has 8 nitrogen and oxygen atoms in total. The number of benzene rings is 2. The summed E-state index contributed by atoms with van der Waals surface area (Å²) in [6.07, 6.45) is 0.715. The number of anilines is 1. The van der Waals surface area contributed by atoms with E-state index in [9.17, 15) is 18.0 Å². The molecule has 10 heteroatoms. The largest absolute Gasteiger partial charge is 0.495 e. The fraction of sp³-hybridized carbons (Fsp3) is 0.263. The van der Waals surface area contributed by atoms with Gasteiger partial charge in [-0.15, -0.1) is 0 Å². The molecule has 0 atom stereocenters. The maximum absolute atomic E-state index is 12.8. The molecule has 0 radical (unpaired) electrons. The van der Waals surface area contributed by atoms with E-state index in [2.05, 4.69) is 5.32 Å². The lowest BCUT2D eigenvalue weighted by molar-refractivity contribution is -0.119. The second-order valence-electron chi connectivity index (χ2n) is 6.37. The van der Waals surface area contributed by atoms with Crippen LogP contribution in [0.5, 0.6) is 5.75 Å². The maximum Gasteiger partial charge on any atom is 0.255 e. The molecule has 1 aliphatic heterocycles. The Balaban J connectivity index is 1.74. The van der Waals surface area contributed by atoms with Gasteiger partial charge in [0.1, 0.15) is 5.75 Å². The third-order valence-electron chi connectivity index (χ3n) is 4.59. The number of rotatable bonds is 6. The first-order valence-electron chi connectivity index (χ1n) is 8.79. The van der Waals surface area contributed by atoms with E-state index in [0.717, 1.165) is 0 Å². The zero-order chi connectivity index (χ0) is 21.0. The number of hydrogen-bond donors (Lipinski definition) is 1. The minimum atomic E-state index is -3.69. The molecule has 1 aliphatic rings. The van der Waals surface area contributed by atoms with Crippen LogP contribution in [0, 0.1) is 0 Å². The van der Waals surface area contributed by atoms with E-state index in [0.29, 0.717) is 36.0 Å². The van der Waals surface area contributed by atoms with Crippen molar-refractivity contribution in [2.45, 2.75) is 4.90 Å². The number of amides is 2. The van der Waals surface area contributed by atoms with E-state index in [1.165, 1.54) is 40.6 Å². The summed E-state index contributed by atoms with van der Waals surface area (Å²) in [4.78, 5) is 24.9. The monoisotopic (exact) mass is 437 g/mol. The molecule has 29 heavy (non-hydrogen) atoms. The molecule has 2 amide bonds. The quantitative estimate of drug-likeness (QED) is 0.698. The molecule has 0 bridgehead atoms.